The van der Waals surface area contributed by atoms with Gasteiger partial charge in [0.05, 0.1) is 0 Å². The Morgan fingerprint density at radius 1 is 1.42 bits per heavy atom. The second-order valence-corrected chi connectivity index (χ2v) is 5.72. The highest BCUT2D eigenvalue weighted by Gasteiger charge is 2.36. The lowest BCUT2D eigenvalue weighted by Gasteiger charge is -2.47. The van der Waals surface area contributed by atoms with Gasteiger partial charge in [-0.1, -0.05) is 18.2 Å². The van der Waals surface area contributed by atoms with E-state index < -0.39 is 0 Å². The maximum Gasteiger partial charge on any atom is 0.127 e. The normalized spacial score (nSPS) is 24.9. The molecule has 0 spiro atoms. The Morgan fingerprint density at radius 2 is 2.16 bits per heavy atom. The van der Waals surface area contributed by atoms with Crippen molar-refractivity contribution >= 4 is 0 Å². The zero-order valence-electron chi connectivity index (χ0n) is 11.9. The lowest BCUT2D eigenvalue weighted by atomic mass is 9.87. The summed E-state index contributed by atoms with van der Waals surface area (Å²) in [4.78, 5) is 4.54. The first-order valence-corrected chi connectivity index (χ1v) is 6.91. The van der Waals surface area contributed by atoms with Crippen molar-refractivity contribution in [1.82, 2.24) is 9.80 Å². The van der Waals surface area contributed by atoms with Gasteiger partial charge in [-0.25, -0.2) is 4.39 Å². The fourth-order valence-electron chi connectivity index (χ4n) is 3.02. The Morgan fingerprint density at radius 3 is 2.79 bits per heavy atom. The minimum absolute atomic E-state index is 0.0325. The van der Waals surface area contributed by atoms with Crippen LogP contribution in [0.2, 0.25) is 0 Å². The monoisotopic (exact) mass is 265 g/mol. The summed E-state index contributed by atoms with van der Waals surface area (Å²) in [6.45, 7) is 3.30. The molecule has 1 aromatic rings. The molecular formula is C15H24FN3. The van der Waals surface area contributed by atoms with E-state index in [1.807, 2.05) is 12.1 Å². The van der Waals surface area contributed by atoms with E-state index in [4.69, 9.17) is 5.73 Å². The first-order valence-electron chi connectivity index (χ1n) is 6.91. The van der Waals surface area contributed by atoms with Crippen molar-refractivity contribution < 1.29 is 4.39 Å². The van der Waals surface area contributed by atoms with Crippen LogP contribution < -0.4 is 5.73 Å². The largest absolute Gasteiger partial charge is 0.329 e. The highest BCUT2D eigenvalue weighted by atomic mass is 19.1. The van der Waals surface area contributed by atoms with E-state index >= 15 is 0 Å². The van der Waals surface area contributed by atoms with Crippen LogP contribution in [0.5, 0.6) is 0 Å². The molecule has 3 nitrogen and oxygen atoms in total. The molecule has 0 saturated carbocycles. The summed E-state index contributed by atoms with van der Waals surface area (Å²) >= 11 is 0. The molecule has 1 heterocycles. The van der Waals surface area contributed by atoms with Crippen LogP contribution in [0.15, 0.2) is 24.3 Å². The predicted octanol–water partition coefficient (Wildman–Crippen LogP) is 1.68. The van der Waals surface area contributed by atoms with Crippen molar-refractivity contribution in [3.05, 3.63) is 35.6 Å². The van der Waals surface area contributed by atoms with Gasteiger partial charge in [0, 0.05) is 30.7 Å². The standard InChI is InChI=1S/C15H24FN3/c1-18-9-5-8-15(11-17,12-18)19(2)10-13-6-3-4-7-14(13)16/h3-4,6-7H,5,8-12,17H2,1-2H3. The lowest BCUT2D eigenvalue weighted by molar-refractivity contribution is 0.0390. The summed E-state index contributed by atoms with van der Waals surface area (Å²) in [5.74, 6) is -0.134. The van der Waals surface area contributed by atoms with Crippen LogP contribution in [0.25, 0.3) is 0 Å². The van der Waals surface area contributed by atoms with Gasteiger partial charge in [0.2, 0.25) is 0 Å². The van der Waals surface area contributed by atoms with Crippen molar-refractivity contribution in [2.45, 2.75) is 24.9 Å². The predicted molar refractivity (Wildman–Crippen MR) is 76.4 cm³/mol. The minimum Gasteiger partial charge on any atom is -0.329 e. The van der Waals surface area contributed by atoms with Crippen LogP contribution >= 0.6 is 0 Å². The third kappa shape index (κ3) is 3.14. The molecule has 1 atom stereocenters. The average Bonchev–Trinajstić information content (AvgIpc) is 2.41. The number of nitrogens with zero attached hydrogens (tertiary/aromatic N) is 2. The van der Waals surface area contributed by atoms with Gasteiger partial charge >= 0.3 is 0 Å². The topological polar surface area (TPSA) is 32.5 Å². The van der Waals surface area contributed by atoms with Crippen molar-refractivity contribution in [3.8, 4) is 0 Å². The Hall–Kier alpha value is -0.970. The van der Waals surface area contributed by atoms with Crippen LogP contribution in [0, 0.1) is 5.82 Å². The quantitative estimate of drug-likeness (QED) is 0.899. The Labute approximate surface area is 115 Å². The van der Waals surface area contributed by atoms with Gasteiger partial charge in [-0.3, -0.25) is 4.90 Å². The number of likely N-dealkylation sites (N-methyl/N-ethyl adjacent to an activating group) is 2. The number of rotatable bonds is 4. The van der Waals surface area contributed by atoms with E-state index in [1.165, 1.54) is 6.07 Å². The maximum absolute atomic E-state index is 13.8. The Balaban J connectivity index is 2.13. The summed E-state index contributed by atoms with van der Waals surface area (Å²) in [5.41, 5.74) is 6.74. The molecule has 0 bridgehead atoms. The van der Waals surface area contributed by atoms with Gasteiger partial charge in [0.25, 0.3) is 0 Å². The van der Waals surface area contributed by atoms with Crippen molar-refractivity contribution in [1.29, 1.82) is 0 Å². The van der Waals surface area contributed by atoms with Crippen molar-refractivity contribution in [2.24, 2.45) is 5.73 Å². The second kappa shape index (κ2) is 5.99. The minimum atomic E-state index is -0.134. The molecule has 1 unspecified atom stereocenters. The average molecular weight is 265 g/mol. The molecule has 4 heteroatoms. The third-order valence-corrected chi connectivity index (χ3v) is 4.30. The fraction of sp³-hybridized carbons (Fsp3) is 0.600. The van der Waals surface area contributed by atoms with Gasteiger partial charge < -0.3 is 10.6 Å². The highest BCUT2D eigenvalue weighted by Crippen LogP contribution is 2.27. The second-order valence-electron chi connectivity index (χ2n) is 5.72. The Bertz CT molecular complexity index is 424. The highest BCUT2D eigenvalue weighted by molar-refractivity contribution is 5.17. The van der Waals surface area contributed by atoms with Gasteiger partial charge in [-0.05, 0) is 39.5 Å². The molecule has 1 aromatic carbocycles. The molecule has 1 aliphatic heterocycles. The molecular weight excluding hydrogens is 241 g/mol. The molecule has 1 saturated heterocycles. The number of nitrogens with two attached hydrogens (primary N) is 1. The maximum atomic E-state index is 13.8. The number of hydrogen-bond donors (Lipinski definition) is 1. The summed E-state index contributed by atoms with van der Waals surface area (Å²) in [5, 5.41) is 0. The third-order valence-electron chi connectivity index (χ3n) is 4.30. The number of likely N-dealkylation sites (tertiary alicyclic amines) is 1. The molecule has 2 N–H and O–H groups in total. The van der Waals surface area contributed by atoms with Crippen LogP contribution in [0.4, 0.5) is 4.39 Å². The van der Waals surface area contributed by atoms with Gasteiger partial charge in [-0.15, -0.1) is 0 Å². The van der Waals surface area contributed by atoms with E-state index in [9.17, 15) is 4.39 Å². The van der Waals surface area contributed by atoms with Gasteiger partial charge in [0.1, 0.15) is 5.82 Å². The van der Waals surface area contributed by atoms with Gasteiger partial charge in [0.15, 0.2) is 0 Å². The lowest BCUT2D eigenvalue weighted by Crippen LogP contribution is -2.60. The van der Waals surface area contributed by atoms with Crippen LogP contribution in [0.3, 0.4) is 0 Å². The number of hydrogen-bond acceptors (Lipinski definition) is 3. The molecule has 0 amide bonds. The molecule has 0 aromatic heterocycles. The molecule has 1 fully saturated rings. The first-order chi connectivity index (χ1) is 9.07. The van der Waals surface area contributed by atoms with Crippen LogP contribution in [-0.2, 0) is 6.54 Å². The van der Waals surface area contributed by atoms with Gasteiger partial charge in [-0.2, -0.15) is 0 Å². The van der Waals surface area contributed by atoms with Crippen LogP contribution in [-0.4, -0.2) is 49.1 Å². The van der Waals surface area contributed by atoms with E-state index in [-0.39, 0.29) is 11.4 Å². The van der Waals surface area contributed by atoms with E-state index in [0.717, 1.165) is 31.5 Å². The summed E-state index contributed by atoms with van der Waals surface area (Å²) in [6, 6.07) is 6.98. The summed E-state index contributed by atoms with van der Waals surface area (Å²) < 4.78 is 13.8. The smallest absolute Gasteiger partial charge is 0.127 e. The van der Waals surface area contributed by atoms with Crippen molar-refractivity contribution in [3.63, 3.8) is 0 Å². The molecule has 2 rings (SSSR count). The number of halogens is 1. The SMILES string of the molecule is CN1CCCC(CN)(N(C)Cc2ccccc2F)C1. The number of piperidine rings is 1. The summed E-state index contributed by atoms with van der Waals surface area (Å²) in [7, 11) is 4.18. The van der Waals surface area contributed by atoms with Crippen molar-refractivity contribution in [2.75, 3.05) is 33.7 Å². The van der Waals surface area contributed by atoms with E-state index in [0.29, 0.717) is 13.1 Å². The fourth-order valence-corrected chi connectivity index (χ4v) is 3.02. The Kier molecular flexibility index (Phi) is 4.55. The zero-order valence-corrected chi connectivity index (χ0v) is 11.9. The summed E-state index contributed by atoms with van der Waals surface area (Å²) in [6.07, 6.45) is 2.23. The van der Waals surface area contributed by atoms with E-state index in [2.05, 4.69) is 23.9 Å². The zero-order chi connectivity index (χ0) is 13.9. The van der Waals surface area contributed by atoms with E-state index in [1.54, 1.807) is 6.07 Å². The molecule has 106 valence electrons. The molecule has 19 heavy (non-hydrogen) atoms. The number of benzene rings is 1. The van der Waals surface area contributed by atoms with Crippen LogP contribution in [0.1, 0.15) is 18.4 Å². The molecule has 1 aliphatic rings. The molecule has 0 radical (unpaired) electrons. The first kappa shape index (κ1) is 14.4. The molecule has 0 aliphatic carbocycles.